The highest BCUT2D eigenvalue weighted by Gasteiger charge is 2.33. The number of nitrogens with zero attached hydrogens (tertiary/aromatic N) is 7. The lowest BCUT2D eigenvalue weighted by atomic mass is 9.91. The van der Waals surface area contributed by atoms with E-state index in [9.17, 15) is 21.6 Å². The number of pyridine rings is 1. The fourth-order valence-electron chi connectivity index (χ4n) is 4.15. The molecule has 0 aromatic carbocycles. The molecule has 4 aromatic heterocycles. The van der Waals surface area contributed by atoms with Crippen molar-refractivity contribution in [3.8, 4) is 11.4 Å². The summed E-state index contributed by atoms with van der Waals surface area (Å²) in [5.74, 6) is 0.419. The number of anilines is 1. The molecule has 0 bridgehead atoms. The zero-order valence-corrected chi connectivity index (χ0v) is 19.3. The van der Waals surface area contributed by atoms with Crippen molar-refractivity contribution in [2.45, 2.75) is 50.4 Å². The van der Waals surface area contributed by atoms with Crippen LogP contribution >= 0.6 is 0 Å². The third kappa shape index (κ3) is 3.58. The summed E-state index contributed by atoms with van der Waals surface area (Å²) in [6.07, 6.45) is 1.35. The van der Waals surface area contributed by atoms with Gasteiger partial charge in [0.1, 0.15) is 11.4 Å². The number of hydrogen-bond acceptors (Lipinski definition) is 7. The van der Waals surface area contributed by atoms with Gasteiger partial charge in [0.2, 0.25) is 0 Å². The maximum atomic E-state index is 13.2. The van der Waals surface area contributed by atoms with Gasteiger partial charge in [-0.15, -0.1) is 5.10 Å². The second kappa shape index (κ2) is 7.93. The maximum Gasteiger partial charge on any atom is 0.416 e. The van der Waals surface area contributed by atoms with Crippen LogP contribution in [0.3, 0.4) is 0 Å². The molecule has 13 heteroatoms. The average molecular weight is 494 g/mol. The highest BCUT2D eigenvalue weighted by molar-refractivity contribution is 7.91. The first-order valence-corrected chi connectivity index (χ1v) is 12.6. The van der Waals surface area contributed by atoms with Crippen LogP contribution in [0.5, 0.6) is 0 Å². The summed E-state index contributed by atoms with van der Waals surface area (Å²) in [5.41, 5.74) is -0.635. The number of rotatable bonds is 6. The van der Waals surface area contributed by atoms with E-state index in [-0.39, 0.29) is 33.5 Å². The van der Waals surface area contributed by atoms with E-state index in [1.54, 1.807) is 12.3 Å². The van der Waals surface area contributed by atoms with Gasteiger partial charge in [0.25, 0.3) is 0 Å². The van der Waals surface area contributed by atoms with Crippen LogP contribution < -0.4 is 4.90 Å². The largest absolute Gasteiger partial charge is 0.416 e. The zero-order chi connectivity index (χ0) is 24.3. The van der Waals surface area contributed by atoms with Crippen molar-refractivity contribution in [2.24, 2.45) is 0 Å². The van der Waals surface area contributed by atoms with Gasteiger partial charge in [-0.3, -0.25) is 0 Å². The van der Waals surface area contributed by atoms with Gasteiger partial charge < -0.3 is 4.90 Å². The monoisotopic (exact) mass is 493 g/mol. The molecule has 0 atom stereocenters. The summed E-state index contributed by atoms with van der Waals surface area (Å²) < 4.78 is 68.1. The minimum Gasteiger partial charge on any atom is -0.354 e. The SMILES string of the molecule is CCN(c1ccnc2c(-c3nc4cc(C(F)(F)F)ccn4n3)c(S(=O)(=O)CC)nn12)C1CCC1. The van der Waals surface area contributed by atoms with Gasteiger partial charge in [0.05, 0.1) is 11.3 Å². The van der Waals surface area contributed by atoms with Gasteiger partial charge in [0, 0.05) is 25.0 Å². The molecule has 1 fully saturated rings. The third-order valence-electron chi connectivity index (χ3n) is 6.18. The molecular formula is C21H22F3N7O2S. The molecule has 180 valence electrons. The van der Waals surface area contributed by atoms with Crippen LogP contribution in [-0.2, 0) is 16.0 Å². The number of sulfone groups is 1. The van der Waals surface area contributed by atoms with Gasteiger partial charge in [-0.1, -0.05) is 6.92 Å². The van der Waals surface area contributed by atoms with Crippen LogP contribution in [-0.4, -0.2) is 56.0 Å². The van der Waals surface area contributed by atoms with Crippen LogP contribution in [0.2, 0.25) is 0 Å². The summed E-state index contributed by atoms with van der Waals surface area (Å²) in [6.45, 7) is 4.21. The summed E-state index contributed by atoms with van der Waals surface area (Å²) in [5, 5.41) is 8.44. The van der Waals surface area contributed by atoms with Crippen LogP contribution in [0, 0.1) is 0 Å². The Morgan fingerprint density at radius 3 is 2.56 bits per heavy atom. The molecule has 9 nitrogen and oxygen atoms in total. The van der Waals surface area contributed by atoms with Crippen molar-refractivity contribution in [3.63, 3.8) is 0 Å². The van der Waals surface area contributed by atoms with E-state index in [2.05, 4.69) is 25.1 Å². The quantitative estimate of drug-likeness (QED) is 0.405. The van der Waals surface area contributed by atoms with Crippen LogP contribution in [0.15, 0.2) is 35.6 Å². The van der Waals surface area contributed by atoms with Crippen molar-refractivity contribution in [1.82, 2.24) is 29.2 Å². The Balaban J connectivity index is 1.76. The molecule has 34 heavy (non-hydrogen) atoms. The average Bonchev–Trinajstić information content (AvgIpc) is 3.36. The van der Waals surface area contributed by atoms with E-state index in [1.807, 2.05) is 6.92 Å². The Morgan fingerprint density at radius 2 is 1.94 bits per heavy atom. The first kappa shape index (κ1) is 22.6. The molecule has 1 aliphatic carbocycles. The number of alkyl halides is 3. The second-order valence-electron chi connectivity index (χ2n) is 8.14. The van der Waals surface area contributed by atoms with Gasteiger partial charge in [-0.2, -0.15) is 22.8 Å². The van der Waals surface area contributed by atoms with Crippen molar-refractivity contribution in [3.05, 3.63) is 36.2 Å². The van der Waals surface area contributed by atoms with E-state index < -0.39 is 21.6 Å². The fraction of sp³-hybridized carbons (Fsp3) is 0.429. The normalized spacial score (nSPS) is 15.2. The van der Waals surface area contributed by atoms with E-state index >= 15 is 0 Å². The highest BCUT2D eigenvalue weighted by atomic mass is 32.2. The Bertz CT molecular complexity index is 1490. The van der Waals surface area contributed by atoms with E-state index in [4.69, 9.17) is 0 Å². The van der Waals surface area contributed by atoms with Crippen molar-refractivity contribution >= 4 is 26.9 Å². The Labute approximate surface area is 193 Å². The molecule has 4 aromatic rings. The lowest BCUT2D eigenvalue weighted by molar-refractivity contribution is -0.137. The number of fused-ring (bicyclic) bond motifs is 2. The molecule has 0 aliphatic heterocycles. The first-order valence-electron chi connectivity index (χ1n) is 10.9. The minimum atomic E-state index is -4.55. The highest BCUT2D eigenvalue weighted by Crippen LogP contribution is 2.35. The van der Waals surface area contributed by atoms with E-state index in [0.717, 1.165) is 37.6 Å². The smallest absolute Gasteiger partial charge is 0.354 e. The summed E-state index contributed by atoms with van der Waals surface area (Å²) in [6, 6.07) is 3.85. The van der Waals surface area contributed by atoms with Gasteiger partial charge >= 0.3 is 6.18 Å². The predicted octanol–water partition coefficient (Wildman–Crippen LogP) is 3.63. The topological polar surface area (TPSA) is 97.8 Å². The standard InChI is InChI=1S/C21H22F3N7O2S/c1-3-29(14-6-5-7-14)16-8-10-25-19-17(20(28-31(16)19)34(32,33)4-2)18-26-15-12-13(21(22,23)24)9-11-30(15)27-18/h8-12,14H,3-7H2,1-2H3. The van der Waals surface area contributed by atoms with Gasteiger partial charge in [-0.05, 0) is 44.4 Å². The Hall–Kier alpha value is -3.22. The second-order valence-corrected chi connectivity index (χ2v) is 10.3. The number of halogens is 3. The molecule has 1 aliphatic rings. The molecule has 0 N–H and O–H groups in total. The van der Waals surface area contributed by atoms with Gasteiger partial charge in [-0.25, -0.2) is 22.9 Å². The van der Waals surface area contributed by atoms with E-state index in [1.165, 1.54) is 16.0 Å². The summed E-state index contributed by atoms with van der Waals surface area (Å²) in [4.78, 5) is 10.8. The molecule has 4 heterocycles. The molecule has 0 unspecified atom stereocenters. The Morgan fingerprint density at radius 1 is 1.18 bits per heavy atom. The predicted molar refractivity (Wildman–Crippen MR) is 118 cm³/mol. The maximum absolute atomic E-state index is 13.2. The fourth-order valence-corrected chi connectivity index (χ4v) is 5.12. The van der Waals surface area contributed by atoms with Crippen LogP contribution in [0.25, 0.3) is 22.7 Å². The Kier molecular flexibility index (Phi) is 5.26. The lowest BCUT2D eigenvalue weighted by Crippen LogP contribution is -2.41. The summed E-state index contributed by atoms with van der Waals surface area (Å²) >= 11 is 0. The van der Waals surface area contributed by atoms with Crippen LogP contribution in [0.1, 0.15) is 38.7 Å². The van der Waals surface area contributed by atoms with Gasteiger partial charge in [0.15, 0.2) is 32.0 Å². The molecule has 0 saturated heterocycles. The number of aromatic nitrogens is 6. The van der Waals surface area contributed by atoms with E-state index in [0.29, 0.717) is 18.4 Å². The first-order chi connectivity index (χ1) is 16.1. The molecule has 5 rings (SSSR count). The molecule has 0 radical (unpaired) electrons. The van der Waals surface area contributed by atoms with Crippen molar-refractivity contribution in [2.75, 3.05) is 17.2 Å². The summed E-state index contributed by atoms with van der Waals surface area (Å²) in [7, 11) is -3.83. The van der Waals surface area contributed by atoms with Crippen molar-refractivity contribution in [1.29, 1.82) is 0 Å². The third-order valence-corrected chi connectivity index (χ3v) is 7.81. The molecule has 0 amide bonds. The molecule has 1 saturated carbocycles. The minimum absolute atomic E-state index is 0.0577. The zero-order valence-electron chi connectivity index (χ0n) is 18.5. The number of hydrogen-bond donors (Lipinski definition) is 0. The molecule has 0 spiro atoms. The lowest BCUT2D eigenvalue weighted by Gasteiger charge is -2.38. The van der Waals surface area contributed by atoms with Crippen LogP contribution in [0.4, 0.5) is 19.0 Å². The van der Waals surface area contributed by atoms with Crippen molar-refractivity contribution < 1.29 is 21.6 Å². The molecular weight excluding hydrogens is 471 g/mol.